The number of carbonyl (C=O) groups excluding carboxylic acids is 2. The Bertz CT molecular complexity index is 988. The smallest absolute Gasteiger partial charge is 0.254 e. The van der Waals surface area contributed by atoms with Crippen LogP contribution in [0.2, 0.25) is 10.0 Å². The third-order valence-electron chi connectivity index (χ3n) is 4.78. The van der Waals surface area contributed by atoms with Gasteiger partial charge in [-0.1, -0.05) is 29.3 Å². The normalized spacial score (nSPS) is 14.5. The Hall–Kier alpha value is -2.57. The first-order chi connectivity index (χ1) is 13.5. The minimum atomic E-state index is -0.128. The van der Waals surface area contributed by atoms with Crippen LogP contribution in [0, 0.1) is 0 Å². The second kappa shape index (κ2) is 7.81. The number of piperazine rings is 1. The molecule has 0 aliphatic carbocycles. The zero-order valence-electron chi connectivity index (χ0n) is 15.0. The highest BCUT2D eigenvalue weighted by atomic mass is 35.5. The van der Waals surface area contributed by atoms with E-state index in [0.29, 0.717) is 41.8 Å². The number of amides is 2. The average Bonchev–Trinajstić information content (AvgIpc) is 3.09. The van der Waals surface area contributed by atoms with Crippen LogP contribution >= 0.6 is 23.2 Å². The fourth-order valence-electron chi connectivity index (χ4n) is 3.36. The van der Waals surface area contributed by atoms with E-state index in [1.54, 1.807) is 28.0 Å². The van der Waals surface area contributed by atoms with Gasteiger partial charge in [0.25, 0.3) is 5.91 Å². The molecular weight excluding hydrogens is 399 g/mol. The molecule has 144 valence electrons. The van der Waals surface area contributed by atoms with Crippen molar-refractivity contribution in [2.24, 2.45) is 0 Å². The molecule has 1 saturated heterocycles. The van der Waals surface area contributed by atoms with Gasteiger partial charge in [-0.25, -0.2) is 4.98 Å². The molecule has 6 nitrogen and oxygen atoms in total. The number of carbonyl (C=O) groups is 2. The van der Waals surface area contributed by atoms with Crippen LogP contribution in [0.25, 0.3) is 5.65 Å². The van der Waals surface area contributed by atoms with Crippen LogP contribution in [0.3, 0.4) is 0 Å². The van der Waals surface area contributed by atoms with E-state index in [0.717, 1.165) is 11.3 Å². The molecule has 1 aromatic carbocycles. The molecule has 0 spiro atoms. The molecular formula is C20H18Cl2N4O2. The van der Waals surface area contributed by atoms with Crippen LogP contribution in [0.5, 0.6) is 0 Å². The van der Waals surface area contributed by atoms with Crippen LogP contribution in [-0.2, 0) is 11.2 Å². The second-order valence-corrected chi connectivity index (χ2v) is 7.58. The first-order valence-corrected chi connectivity index (χ1v) is 9.71. The van der Waals surface area contributed by atoms with Crippen molar-refractivity contribution in [1.29, 1.82) is 0 Å². The van der Waals surface area contributed by atoms with E-state index in [4.69, 9.17) is 23.2 Å². The largest absolute Gasteiger partial charge is 0.339 e. The van der Waals surface area contributed by atoms with Gasteiger partial charge in [-0.2, -0.15) is 0 Å². The SMILES string of the molecule is O=C(Cc1cn2ccccc2n1)N1CCN(C(=O)c2cc(Cl)cc(Cl)c2)CC1. The summed E-state index contributed by atoms with van der Waals surface area (Å²) in [5.41, 5.74) is 2.02. The summed E-state index contributed by atoms with van der Waals surface area (Å²) in [4.78, 5) is 33.3. The van der Waals surface area contributed by atoms with Crippen LogP contribution in [0.15, 0.2) is 48.8 Å². The van der Waals surface area contributed by atoms with Gasteiger partial charge >= 0.3 is 0 Å². The van der Waals surface area contributed by atoms with E-state index in [-0.39, 0.29) is 18.2 Å². The van der Waals surface area contributed by atoms with Gasteiger partial charge in [-0.05, 0) is 30.3 Å². The summed E-state index contributed by atoms with van der Waals surface area (Å²) in [5.74, 6) is -0.113. The zero-order valence-corrected chi connectivity index (χ0v) is 16.5. The first kappa shape index (κ1) is 18.8. The summed E-state index contributed by atoms with van der Waals surface area (Å²) in [5, 5.41) is 0.856. The van der Waals surface area contributed by atoms with E-state index >= 15 is 0 Å². The van der Waals surface area contributed by atoms with E-state index in [2.05, 4.69) is 4.98 Å². The Balaban J connectivity index is 1.36. The molecule has 3 aromatic rings. The Morgan fingerprint density at radius 1 is 0.964 bits per heavy atom. The number of hydrogen-bond donors (Lipinski definition) is 0. The third-order valence-corrected chi connectivity index (χ3v) is 5.21. The minimum absolute atomic E-state index is 0.0151. The van der Waals surface area contributed by atoms with E-state index in [9.17, 15) is 9.59 Å². The van der Waals surface area contributed by atoms with E-state index in [1.165, 1.54) is 0 Å². The van der Waals surface area contributed by atoms with Crippen molar-refractivity contribution in [3.8, 4) is 0 Å². The lowest BCUT2D eigenvalue weighted by atomic mass is 10.1. The van der Waals surface area contributed by atoms with Crippen molar-refractivity contribution in [3.05, 3.63) is 70.1 Å². The average molecular weight is 417 g/mol. The highest BCUT2D eigenvalue weighted by Gasteiger charge is 2.25. The molecule has 1 fully saturated rings. The lowest BCUT2D eigenvalue weighted by molar-refractivity contribution is -0.132. The number of benzene rings is 1. The number of imidazole rings is 1. The molecule has 0 N–H and O–H groups in total. The molecule has 3 heterocycles. The van der Waals surface area contributed by atoms with Crippen LogP contribution < -0.4 is 0 Å². The molecule has 8 heteroatoms. The molecule has 0 bridgehead atoms. The van der Waals surface area contributed by atoms with E-state index < -0.39 is 0 Å². The molecule has 0 atom stereocenters. The summed E-state index contributed by atoms with van der Waals surface area (Å²) in [7, 11) is 0. The summed E-state index contributed by atoms with van der Waals surface area (Å²) in [6.45, 7) is 1.93. The number of nitrogens with zero attached hydrogens (tertiary/aromatic N) is 4. The quantitative estimate of drug-likeness (QED) is 0.658. The van der Waals surface area contributed by atoms with Crippen molar-refractivity contribution < 1.29 is 9.59 Å². The van der Waals surface area contributed by atoms with Gasteiger partial charge in [-0.3, -0.25) is 9.59 Å². The number of pyridine rings is 1. The number of rotatable bonds is 3. The number of aromatic nitrogens is 2. The zero-order chi connectivity index (χ0) is 19.7. The van der Waals surface area contributed by atoms with Crippen LogP contribution in [-0.4, -0.2) is 57.2 Å². The number of fused-ring (bicyclic) bond motifs is 1. The van der Waals surface area contributed by atoms with Gasteiger partial charge in [0.05, 0.1) is 12.1 Å². The molecule has 0 radical (unpaired) electrons. The Kier molecular flexibility index (Phi) is 5.24. The Labute approximate surface area is 172 Å². The summed E-state index contributed by atoms with van der Waals surface area (Å²) < 4.78 is 1.90. The maximum atomic E-state index is 12.7. The van der Waals surface area contributed by atoms with Crippen molar-refractivity contribution in [3.63, 3.8) is 0 Å². The number of halogens is 2. The molecule has 2 amide bonds. The van der Waals surface area contributed by atoms with Gasteiger partial charge in [-0.15, -0.1) is 0 Å². The maximum Gasteiger partial charge on any atom is 0.254 e. The third kappa shape index (κ3) is 3.98. The molecule has 0 saturated carbocycles. The van der Waals surface area contributed by atoms with Gasteiger partial charge in [0.1, 0.15) is 5.65 Å². The lowest BCUT2D eigenvalue weighted by Crippen LogP contribution is -2.51. The summed E-state index contributed by atoms with van der Waals surface area (Å²) in [6.07, 6.45) is 4.03. The van der Waals surface area contributed by atoms with Gasteiger partial charge in [0.2, 0.25) is 5.91 Å². The predicted molar refractivity (Wildman–Crippen MR) is 108 cm³/mol. The van der Waals surface area contributed by atoms with Crippen molar-refractivity contribution >= 4 is 40.7 Å². The Morgan fingerprint density at radius 2 is 1.64 bits per heavy atom. The van der Waals surface area contributed by atoms with Gasteiger partial charge in [0.15, 0.2) is 0 Å². The van der Waals surface area contributed by atoms with Gasteiger partial charge in [0, 0.05) is 54.2 Å². The maximum absolute atomic E-state index is 12.7. The molecule has 4 rings (SSSR count). The number of hydrogen-bond acceptors (Lipinski definition) is 3. The molecule has 1 aliphatic rings. The van der Waals surface area contributed by atoms with Crippen molar-refractivity contribution in [2.75, 3.05) is 26.2 Å². The fourth-order valence-corrected chi connectivity index (χ4v) is 3.88. The minimum Gasteiger partial charge on any atom is -0.339 e. The fraction of sp³-hybridized carbons (Fsp3) is 0.250. The van der Waals surface area contributed by atoms with Crippen LogP contribution in [0.4, 0.5) is 0 Å². The predicted octanol–water partition coefficient (Wildman–Crippen LogP) is 3.17. The summed E-state index contributed by atoms with van der Waals surface area (Å²) in [6, 6.07) is 10.5. The second-order valence-electron chi connectivity index (χ2n) is 6.71. The molecule has 28 heavy (non-hydrogen) atoms. The monoisotopic (exact) mass is 416 g/mol. The van der Waals surface area contributed by atoms with E-state index in [1.807, 2.05) is 35.0 Å². The van der Waals surface area contributed by atoms with Crippen molar-refractivity contribution in [1.82, 2.24) is 19.2 Å². The lowest BCUT2D eigenvalue weighted by Gasteiger charge is -2.34. The molecule has 0 unspecified atom stereocenters. The van der Waals surface area contributed by atoms with Crippen molar-refractivity contribution in [2.45, 2.75) is 6.42 Å². The van der Waals surface area contributed by atoms with Gasteiger partial charge < -0.3 is 14.2 Å². The highest BCUT2D eigenvalue weighted by Crippen LogP contribution is 2.21. The standard InChI is InChI=1S/C20H18Cl2N4O2/c21-15-9-14(10-16(22)11-15)20(28)25-7-5-24(6-8-25)19(27)12-17-13-26-4-2-1-3-18(26)23-17/h1-4,9-11,13H,5-8,12H2. The highest BCUT2D eigenvalue weighted by molar-refractivity contribution is 6.35. The molecule has 1 aliphatic heterocycles. The topological polar surface area (TPSA) is 57.9 Å². The summed E-state index contributed by atoms with van der Waals surface area (Å²) >= 11 is 12.0. The Morgan fingerprint density at radius 3 is 2.32 bits per heavy atom. The molecule has 2 aromatic heterocycles. The first-order valence-electron chi connectivity index (χ1n) is 8.95. The van der Waals surface area contributed by atoms with Crippen LogP contribution in [0.1, 0.15) is 16.1 Å².